The summed E-state index contributed by atoms with van der Waals surface area (Å²) in [5.74, 6) is 0.204. The number of nitrogens with one attached hydrogen (secondary N) is 1. The van der Waals surface area contributed by atoms with Crippen molar-refractivity contribution in [3.8, 4) is 0 Å². The minimum Gasteiger partial charge on any atom is -0.368 e. The Kier molecular flexibility index (Phi) is 3.50. The molecule has 1 atom stereocenters. The van der Waals surface area contributed by atoms with Gasteiger partial charge < -0.3 is 15.0 Å². The van der Waals surface area contributed by atoms with Crippen LogP contribution in [0.2, 0.25) is 0 Å². The molecule has 0 radical (unpaired) electrons. The van der Waals surface area contributed by atoms with Crippen molar-refractivity contribution < 1.29 is 9.53 Å². The van der Waals surface area contributed by atoms with Gasteiger partial charge in [0.25, 0.3) is 5.91 Å². The molecule has 0 bridgehead atoms. The van der Waals surface area contributed by atoms with Crippen molar-refractivity contribution in [3.63, 3.8) is 0 Å². The van der Waals surface area contributed by atoms with E-state index >= 15 is 0 Å². The van der Waals surface area contributed by atoms with E-state index in [4.69, 9.17) is 4.74 Å². The summed E-state index contributed by atoms with van der Waals surface area (Å²) in [5, 5.41) is 3.34. The first-order chi connectivity index (χ1) is 7.64. The van der Waals surface area contributed by atoms with Crippen molar-refractivity contribution in [3.05, 3.63) is 0 Å². The third-order valence-corrected chi connectivity index (χ3v) is 3.99. The number of hydrogen-bond donors (Lipinski definition) is 1. The van der Waals surface area contributed by atoms with Crippen LogP contribution in [0, 0.1) is 0 Å². The van der Waals surface area contributed by atoms with E-state index in [0.717, 1.165) is 45.4 Å². The fraction of sp³-hybridized carbons (Fsp3) is 0.917. The van der Waals surface area contributed by atoms with Crippen LogP contribution in [0.25, 0.3) is 0 Å². The van der Waals surface area contributed by atoms with Crippen LogP contribution in [0.3, 0.4) is 0 Å². The lowest BCUT2D eigenvalue weighted by atomic mass is 9.89. The summed E-state index contributed by atoms with van der Waals surface area (Å²) < 4.78 is 5.44. The minimum atomic E-state index is -0.154. The molecule has 0 spiro atoms. The van der Waals surface area contributed by atoms with E-state index < -0.39 is 0 Å². The van der Waals surface area contributed by atoms with Crippen molar-refractivity contribution in [1.82, 2.24) is 10.2 Å². The van der Waals surface area contributed by atoms with Gasteiger partial charge in [-0.15, -0.1) is 0 Å². The second-order valence-corrected chi connectivity index (χ2v) is 5.14. The van der Waals surface area contributed by atoms with Gasteiger partial charge in [0.1, 0.15) is 6.10 Å². The summed E-state index contributed by atoms with van der Waals surface area (Å²) in [4.78, 5) is 14.0. The molecule has 0 aromatic heterocycles. The maximum atomic E-state index is 12.1. The van der Waals surface area contributed by atoms with Gasteiger partial charge in [-0.2, -0.15) is 0 Å². The molecule has 2 fully saturated rings. The van der Waals surface area contributed by atoms with Crippen molar-refractivity contribution in [2.45, 2.75) is 44.2 Å². The smallest absolute Gasteiger partial charge is 0.251 e. The lowest BCUT2D eigenvalue weighted by Gasteiger charge is -2.39. The van der Waals surface area contributed by atoms with Crippen LogP contribution in [0.4, 0.5) is 0 Å². The van der Waals surface area contributed by atoms with Gasteiger partial charge in [-0.05, 0) is 39.7 Å². The predicted octanol–water partition coefficient (Wildman–Crippen LogP) is 0.766. The maximum absolute atomic E-state index is 12.1. The molecule has 1 N–H and O–H groups in total. The Labute approximate surface area is 97.3 Å². The fourth-order valence-electron chi connectivity index (χ4n) is 2.45. The maximum Gasteiger partial charge on any atom is 0.251 e. The van der Waals surface area contributed by atoms with Crippen LogP contribution in [0.15, 0.2) is 0 Å². The molecule has 16 heavy (non-hydrogen) atoms. The summed E-state index contributed by atoms with van der Waals surface area (Å²) in [6.07, 6.45) is 3.83. The molecule has 0 aromatic rings. The van der Waals surface area contributed by atoms with Gasteiger partial charge >= 0.3 is 0 Å². The summed E-state index contributed by atoms with van der Waals surface area (Å²) in [6.45, 7) is 4.69. The van der Waals surface area contributed by atoms with Crippen LogP contribution in [-0.2, 0) is 9.53 Å². The monoisotopic (exact) mass is 226 g/mol. The van der Waals surface area contributed by atoms with Crippen LogP contribution in [0.5, 0.6) is 0 Å². The molecule has 1 unspecified atom stereocenters. The van der Waals surface area contributed by atoms with Crippen LogP contribution < -0.4 is 5.32 Å². The van der Waals surface area contributed by atoms with Gasteiger partial charge in [-0.25, -0.2) is 0 Å². The molecule has 2 rings (SSSR count). The number of piperidine rings is 1. The first-order valence-corrected chi connectivity index (χ1v) is 6.24. The molecule has 92 valence electrons. The second kappa shape index (κ2) is 4.72. The van der Waals surface area contributed by atoms with Gasteiger partial charge in [0.05, 0.1) is 0 Å². The quantitative estimate of drug-likeness (QED) is 0.756. The number of rotatable bonds is 2. The first kappa shape index (κ1) is 11.9. The fourth-order valence-corrected chi connectivity index (χ4v) is 2.45. The number of likely N-dealkylation sites (tertiary alicyclic amines) is 1. The molecule has 2 saturated heterocycles. The van der Waals surface area contributed by atoms with Gasteiger partial charge in [-0.1, -0.05) is 0 Å². The second-order valence-electron chi connectivity index (χ2n) is 5.14. The molecule has 0 aromatic carbocycles. The van der Waals surface area contributed by atoms with Gasteiger partial charge in [-0.3, -0.25) is 4.79 Å². The Bertz CT molecular complexity index is 254. The van der Waals surface area contributed by atoms with Crippen molar-refractivity contribution in [2.24, 2.45) is 0 Å². The molecule has 0 aliphatic carbocycles. The van der Waals surface area contributed by atoms with E-state index in [1.807, 2.05) is 11.9 Å². The van der Waals surface area contributed by atoms with Crippen molar-refractivity contribution in [1.29, 1.82) is 0 Å². The summed E-state index contributed by atoms with van der Waals surface area (Å²) in [6, 6.07) is 0. The van der Waals surface area contributed by atoms with Crippen molar-refractivity contribution >= 4 is 5.91 Å². The lowest BCUT2D eigenvalue weighted by Crippen LogP contribution is -2.53. The van der Waals surface area contributed by atoms with E-state index in [9.17, 15) is 4.79 Å². The van der Waals surface area contributed by atoms with Crippen LogP contribution >= 0.6 is 0 Å². The third kappa shape index (κ3) is 2.38. The zero-order valence-electron chi connectivity index (χ0n) is 10.3. The Hall–Kier alpha value is -0.610. The molecule has 2 heterocycles. The number of ether oxygens (including phenoxy) is 1. The topological polar surface area (TPSA) is 41.6 Å². The average molecular weight is 226 g/mol. The molecular weight excluding hydrogens is 204 g/mol. The van der Waals surface area contributed by atoms with Crippen LogP contribution in [-0.4, -0.2) is 49.2 Å². The Morgan fingerprint density at radius 1 is 1.44 bits per heavy atom. The van der Waals surface area contributed by atoms with Gasteiger partial charge in [0.15, 0.2) is 0 Å². The van der Waals surface area contributed by atoms with E-state index in [0.29, 0.717) is 0 Å². The largest absolute Gasteiger partial charge is 0.368 e. The summed E-state index contributed by atoms with van der Waals surface area (Å²) >= 11 is 0. The molecular formula is C12H22N2O2. The molecule has 0 saturated carbocycles. The zero-order chi connectivity index (χ0) is 11.6. The van der Waals surface area contributed by atoms with E-state index in [1.165, 1.54) is 0 Å². The molecule has 2 aliphatic rings. The number of amides is 1. The highest BCUT2D eigenvalue weighted by Gasteiger charge is 2.34. The number of carbonyl (C=O) groups excluding carboxylic acids is 1. The minimum absolute atomic E-state index is 0.154. The highest BCUT2D eigenvalue weighted by molar-refractivity contribution is 5.81. The Morgan fingerprint density at radius 3 is 2.62 bits per heavy atom. The standard InChI is InChI=1S/C12H22N2O2/c1-12(13-2)5-7-14(8-6-12)11(15)10-4-3-9-16-10/h10,13H,3-9H2,1-2H3. The van der Waals surface area contributed by atoms with E-state index in [2.05, 4.69) is 12.2 Å². The third-order valence-electron chi connectivity index (χ3n) is 3.99. The van der Waals surface area contributed by atoms with E-state index in [-0.39, 0.29) is 17.6 Å². The van der Waals surface area contributed by atoms with Crippen LogP contribution in [0.1, 0.15) is 32.6 Å². The van der Waals surface area contributed by atoms with E-state index in [1.54, 1.807) is 0 Å². The number of carbonyl (C=O) groups is 1. The summed E-state index contributed by atoms with van der Waals surface area (Å²) in [7, 11) is 2.00. The molecule has 4 heteroatoms. The lowest BCUT2D eigenvalue weighted by molar-refractivity contribution is -0.142. The van der Waals surface area contributed by atoms with Gasteiger partial charge in [0, 0.05) is 25.2 Å². The van der Waals surface area contributed by atoms with Gasteiger partial charge in [0.2, 0.25) is 0 Å². The molecule has 4 nitrogen and oxygen atoms in total. The zero-order valence-corrected chi connectivity index (χ0v) is 10.3. The highest BCUT2D eigenvalue weighted by Crippen LogP contribution is 2.23. The first-order valence-electron chi connectivity index (χ1n) is 6.24. The normalized spacial score (nSPS) is 29.4. The average Bonchev–Trinajstić information content (AvgIpc) is 2.83. The summed E-state index contributed by atoms with van der Waals surface area (Å²) in [5.41, 5.74) is 0.202. The SMILES string of the molecule is CNC1(C)CCN(C(=O)C2CCCO2)CC1. The number of hydrogen-bond acceptors (Lipinski definition) is 3. The Balaban J connectivity index is 1.86. The highest BCUT2D eigenvalue weighted by atomic mass is 16.5. The van der Waals surface area contributed by atoms with Crippen molar-refractivity contribution in [2.75, 3.05) is 26.7 Å². The predicted molar refractivity (Wildman–Crippen MR) is 62.3 cm³/mol. The molecule has 1 amide bonds. The molecule has 2 aliphatic heterocycles. The number of nitrogens with zero attached hydrogens (tertiary/aromatic N) is 1. The Morgan fingerprint density at radius 2 is 2.12 bits per heavy atom.